The number of hydrogen-bond donors (Lipinski definition) is 0. The van der Waals surface area contributed by atoms with Crippen molar-refractivity contribution in [3.63, 3.8) is 0 Å². The van der Waals surface area contributed by atoms with E-state index in [1.165, 1.54) is 27.6 Å². The fourth-order valence-electron chi connectivity index (χ4n) is 8.39. The number of fused-ring (bicyclic) bond motifs is 11. The summed E-state index contributed by atoms with van der Waals surface area (Å²) < 4.78 is 13.1. The third-order valence-corrected chi connectivity index (χ3v) is 10.6. The van der Waals surface area contributed by atoms with Crippen LogP contribution >= 0.6 is 0 Å². The molecule has 0 saturated carbocycles. The molecule has 0 radical (unpaired) electrons. The van der Waals surface area contributed by atoms with E-state index in [9.17, 15) is 0 Å². The Balaban J connectivity index is 1.26. The fraction of sp³-hybridized carbons (Fsp3) is 0.116. The first-order valence-corrected chi connectivity index (χ1v) is 16.5. The van der Waals surface area contributed by atoms with Crippen LogP contribution in [0.4, 0.5) is 0 Å². The van der Waals surface area contributed by atoms with Crippen LogP contribution in [0.25, 0.3) is 88.6 Å². The lowest BCUT2D eigenvalue weighted by Gasteiger charge is -2.29. The van der Waals surface area contributed by atoms with Crippen LogP contribution in [0.2, 0.25) is 0 Å². The molecule has 0 amide bonds. The van der Waals surface area contributed by atoms with Gasteiger partial charge in [0.05, 0.1) is 16.8 Å². The van der Waals surface area contributed by atoms with Crippen molar-refractivity contribution in [2.24, 2.45) is 0 Å². The predicted molar refractivity (Wildman–Crippen MR) is 192 cm³/mol. The minimum Gasteiger partial charge on any atom is -0.456 e. The van der Waals surface area contributed by atoms with Crippen LogP contribution in [0, 0.1) is 0 Å². The average molecular weight is 607 g/mol. The molecule has 0 atom stereocenters. The van der Waals surface area contributed by atoms with Crippen molar-refractivity contribution in [3.8, 4) is 33.8 Å². The third kappa shape index (κ3) is 3.47. The van der Waals surface area contributed by atoms with Gasteiger partial charge in [-0.25, -0.2) is 9.97 Å². The molecule has 4 heteroatoms. The Morgan fingerprint density at radius 1 is 0.511 bits per heavy atom. The van der Waals surface area contributed by atoms with Crippen LogP contribution in [0.15, 0.2) is 130 Å². The van der Waals surface area contributed by atoms with Gasteiger partial charge in [-0.15, -0.1) is 0 Å². The Labute approximate surface area is 271 Å². The van der Waals surface area contributed by atoms with Gasteiger partial charge in [-0.1, -0.05) is 105 Å². The Kier molecular flexibility index (Phi) is 5.43. The molecule has 0 unspecified atom stereocenters. The zero-order valence-electron chi connectivity index (χ0n) is 26.2. The van der Waals surface area contributed by atoms with E-state index in [1.807, 2.05) is 36.4 Å². The Morgan fingerprint density at radius 2 is 1.19 bits per heavy atom. The molecule has 6 aromatic carbocycles. The number of para-hydroxylation sites is 3. The lowest BCUT2D eigenvalue weighted by Crippen LogP contribution is -2.22. The maximum atomic E-state index is 6.79. The number of benzene rings is 6. The molecule has 0 N–H and O–H groups in total. The second-order valence-electron chi connectivity index (χ2n) is 12.7. The van der Waals surface area contributed by atoms with E-state index in [0.29, 0.717) is 5.82 Å². The molecule has 1 aliphatic rings. The van der Waals surface area contributed by atoms with Gasteiger partial charge in [-0.2, -0.15) is 0 Å². The van der Waals surface area contributed by atoms with Crippen LogP contribution < -0.4 is 0 Å². The van der Waals surface area contributed by atoms with Crippen LogP contribution in [-0.2, 0) is 5.41 Å². The highest BCUT2D eigenvalue weighted by atomic mass is 16.3. The number of nitrogens with zero attached hydrogens (tertiary/aromatic N) is 2. The van der Waals surface area contributed by atoms with Crippen LogP contribution in [0.5, 0.6) is 0 Å². The average Bonchev–Trinajstić information content (AvgIpc) is 3.79. The smallest absolute Gasteiger partial charge is 0.164 e. The van der Waals surface area contributed by atoms with Crippen molar-refractivity contribution in [1.82, 2.24) is 9.97 Å². The minimum atomic E-state index is -0.00401. The molecular weight excluding hydrogens is 576 g/mol. The summed E-state index contributed by atoms with van der Waals surface area (Å²) >= 11 is 0. The van der Waals surface area contributed by atoms with E-state index >= 15 is 0 Å². The van der Waals surface area contributed by atoms with E-state index in [1.54, 1.807) is 0 Å². The molecular formula is C43H30N2O2. The number of hydrogen-bond acceptors (Lipinski definition) is 4. The Hall–Kier alpha value is -5.74. The fourth-order valence-corrected chi connectivity index (χ4v) is 8.39. The summed E-state index contributed by atoms with van der Waals surface area (Å²) in [6.07, 6.45) is 2.10. The molecule has 47 heavy (non-hydrogen) atoms. The zero-order valence-corrected chi connectivity index (χ0v) is 26.2. The zero-order chi connectivity index (χ0) is 31.3. The van der Waals surface area contributed by atoms with Gasteiger partial charge in [0.15, 0.2) is 5.82 Å². The van der Waals surface area contributed by atoms with Gasteiger partial charge in [0, 0.05) is 37.9 Å². The Morgan fingerprint density at radius 3 is 2.09 bits per heavy atom. The van der Waals surface area contributed by atoms with E-state index in [0.717, 1.165) is 79.1 Å². The van der Waals surface area contributed by atoms with E-state index < -0.39 is 0 Å². The summed E-state index contributed by atoms with van der Waals surface area (Å²) in [4.78, 5) is 10.5. The molecule has 1 aliphatic carbocycles. The van der Waals surface area contributed by atoms with Gasteiger partial charge in [0.1, 0.15) is 22.3 Å². The first-order valence-electron chi connectivity index (χ1n) is 16.5. The predicted octanol–water partition coefficient (Wildman–Crippen LogP) is 11.8. The van der Waals surface area contributed by atoms with E-state index in [-0.39, 0.29) is 5.41 Å². The molecule has 9 aromatic rings. The molecule has 0 spiro atoms. The minimum absolute atomic E-state index is 0.00401. The molecule has 224 valence electrons. The van der Waals surface area contributed by atoms with Gasteiger partial charge in [-0.3, -0.25) is 0 Å². The number of furan rings is 2. The maximum absolute atomic E-state index is 6.79. The monoisotopic (exact) mass is 606 g/mol. The van der Waals surface area contributed by atoms with Crippen molar-refractivity contribution in [2.45, 2.75) is 32.1 Å². The van der Waals surface area contributed by atoms with Crippen LogP contribution in [0.1, 0.15) is 37.8 Å². The van der Waals surface area contributed by atoms with Gasteiger partial charge < -0.3 is 8.83 Å². The molecule has 3 aromatic heterocycles. The highest BCUT2D eigenvalue weighted by Crippen LogP contribution is 2.56. The first kappa shape index (κ1) is 26.5. The second kappa shape index (κ2) is 9.63. The van der Waals surface area contributed by atoms with E-state index in [4.69, 9.17) is 18.8 Å². The summed E-state index contributed by atoms with van der Waals surface area (Å²) in [5, 5.41) is 5.39. The lowest BCUT2D eigenvalue weighted by atomic mass is 9.74. The van der Waals surface area contributed by atoms with Crippen molar-refractivity contribution >= 4 is 54.8 Å². The van der Waals surface area contributed by atoms with Gasteiger partial charge in [0.25, 0.3) is 0 Å². The van der Waals surface area contributed by atoms with Crippen molar-refractivity contribution < 1.29 is 8.83 Å². The first-order chi connectivity index (χ1) is 23.2. The second-order valence-corrected chi connectivity index (χ2v) is 12.7. The summed E-state index contributed by atoms with van der Waals surface area (Å²) in [6.45, 7) is 4.62. The van der Waals surface area contributed by atoms with E-state index in [2.05, 4.69) is 98.8 Å². The largest absolute Gasteiger partial charge is 0.456 e. The van der Waals surface area contributed by atoms with Gasteiger partial charge in [-0.05, 0) is 65.4 Å². The molecule has 0 aliphatic heterocycles. The normalized spacial score (nSPS) is 13.7. The summed E-state index contributed by atoms with van der Waals surface area (Å²) in [6, 6.07) is 42.4. The topological polar surface area (TPSA) is 52.1 Å². The summed E-state index contributed by atoms with van der Waals surface area (Å²) in [7, 11) is 0. The standard InChI is InChI=1S/C43H30N2O2/c1-3-43(4-2)31-19-8-5-13-25(31)38-32(43)23-24-36-39(38)29-17-11-18-30(41(29)47-36)42-44-33-20-9-6-14-26(33)40(45-42)28-16-12-22-35-37(28)27-15-7-10-21-34(27)46-35/h5-24H,3-4H2,1-2H3. The Bertz CT molecular complexity index is 2730. The number of rotatable bonds is 4. The van der Waals surface area contributed by atoms with Crippen molar-refractivity contribution in [1.29, 1.82) is 0 Å². The summed E-state index contributed by atoms with van der Waals surface area (Å²) in [5.41, 5.74) is 12.5. The number of aromatic nitrogens is 2. The maximum Gasteiger partial charge on any atom is 0.164 e. The molecule has 10 rings (SSSR count). The molecule has 0 saturated heterocycles. The summed E-state index contributed by atoms with van der Waals surface area (Å²) in [5.74, 6) is 0.640. The molecule has 4 nitrogen and oxygen atoms in total. The quantitative estimate of drug-likeness (QED) is 0.200. The van der Waals surface area contributed by atoms with Gasteiger partial charge >= 0.3 is 0 Å². The molecule has 3 heterocycles. The third-order valence-electron chi connectivity index (χ3n) is 10.6. The highest BCUT2D eigenvalue weighted by molar-refractivity contribution is 6.18. The van der Waals surface area contributed by atoms with Crippen LogP contribution in [0.3, 0.4) is 0 Å². The van der Waals surface area contributed by atoms with Crippen molar-refractivity contribution in [2.75, 3.05) is 0 Å². The van der Waals surface area contributed by atoms with Crippen LogP contribution in [-0.4, -0.2) is 9.97 Å². The van der Waals surface area contributed by atoms with Gasteiger partial charge in [0.2, 0.25) is 0 Å². The highest BCUT2D eigenvalue weighted by Gasteiger charge is 2.41. The molecule has 0 fully saturated rings. The lowest BCUT2D eigenvalue weighted by molar-refractivity contribution is 0.490. The van der Waals surface area contributed by atoms with Crippen molar-refractivity contribution in [3.05, 3.63) is 132 Å². The molecule has 0 bridgehead atoms. The SMILES string of the molecule is CCC1(CC)c2ccccc2-c2c1ccc1oc3c(-c4nc(-c5cccc6oc7ccccc7c56)c5ccccc5n4)cccc3c21.